The highest BCUT2D eigenvalue weighted by Crippen LogP contribution is 2.17. The topological polar surface area (TPSA) is 49.4 Å². The first kappa shape index (κ1) is 14.1. The van der Waals surface area contributed by atoms with E-state index < -0.39 is 5.97 Å². The third kappa shape index (κ3) is 4.12. The van der Waals surface area contributed by atoms with Crippen molar-refractivity contribution >= 4 is 5.97 Å². The molecule has 2 rings (SSSR count). The van der Waals surface area contributed by atoms with Crippen LogP contribution in [-0.2, 0) is 6.42 Å². The van der Waals surface area contributed by atoms with E-state index in [2.05, 4.69) is 12.1 Å². The summed E-state index contributed by atoms with van der Waals surface area (Å²) in [6.45, 7) is 0.511. The number of hydrogen-bond donors (Lipinski definition) is 0. The average molecular weight is 269 g/mol. The van der Waals surface area contributed by atoms with Crippen LogP contribution in [0.4, 0.5) is 0 Å². The molecule has 0 aliphatic heterocycles. The van der Waals surface area contributed by atoms with E-state index in [1.54, 1.807) is 18.2 Å². The van der Waals surface area contributed by atoms with Gasteiger partial charge in [-0.3, -0.25) is 0 Å². The number of hydrogen-bond acceptors (Lipinski definition) is 3. The van der Waals surface area contributed by atoms with Gasteiger partial charge in [-0.15, -0.1) is 0 Å². The zero-order valence-electron chi connectivity index (χ0n) is 11.2. The van der Waals surface area contributed by atoms with Gasteiger partial charge in [-0.05, 0) is 37.0 Å². The zero-order valence-corrected chi connectivity index (χ0v) is 11.2. The summed E-state index contributed by atoms with van der Waals surface area (Å²) in [7, 11) is 0. The molecule has 0 radical (unpaired) electrons. The van der Waals surface area contributed by atoms with Gasteiger partial charge in [0.15, 0.2) is 0 Å². The van der Waals surface area contributed by atoms with Crippen LogP contribution in [0.1, 0.15) is 28.8 Å². The van der Waals surface area contributed by atoms with Gasteiger partial charge in [0.2, 0.25) is 0 Å². The molecule has 0 saturated carbocycles. The number of ether oxygens (including phenoxy) is 1. The Kier molecular flexibility index (Phi) is 5.18. The summed E-state index contributed by atoms with van der Waals surface area (Å²) >= 11 is 0. The lowest BCUT2D eigenvalue weighted by atomic mass is 10.1. The van der Waals surface area contributed by atoms with Gasteiger partial charge in [0.05, 0.1) is 12.6 Å². The van der Waals surface area contributed by atoms with Crippen LogP contribution in [0.15, 0.2) is 54.6 Å². The molecule has 0 spiro atoms. The maximum absolute atomic E-state index is 10.9. The van der Waals surface area contributed by atoms with Crippen molar-refractivity contribution in [2.75, 3.05) is 6.61 Å². The molecule has 0 fully saturated rings. The molecule has 2 aromatic carbocycles. The number of rotatable bonds is 7. The van der Waals surface area contributed by atoms with Gasteiger partial charge in [0.25, 0.3) is 0 Å². The van der Waals surface area contributed by atoms with Crippen molar-refractivity contribution in [2.24, 2.45) is 0 Å². The quantitative estimate of drug-likeness (QED) is 0.725. The molecule has 3 heteroatoms. The number of aryl methyl sites for hydroxylation is 1. The second kappa shape index (κ2) is 7.34. The number of carboxylic acids is 1. The van der Waals surface area contributed by atoms with Crippen LogP contribution in [0.3, 0.4) is 0 Å². The Balaban J connectivity index is 1.75. The molecule has 104 valence electrons. The minimum Gasteiger partial charge on any atom is -0.545 e. The monoisotopic (exact) mass is 269 g/mol. The van der Waals surface area contributed by atoms with Crippen molar-refractivity contribution in [2.45, 2.75) is 19.3 Å². The summed E-state index contributed by atoms with van der Waals surface area (Å²) in [6.07, 6.45) is 2.90. The summed E-state index contributed by atoms with van der Waals surface area (Å²) in [5.41, 5.74) is 1.41. The highest BCUT2D eigenvalue weighted by Gasteiger charge is 2.03. The summed E-state index contributed by atoms with van der Waals surface area (Å²) in [4.78, 5) is 10.9. The van der Waals surface area contributed by atoms with Gasteiger partial charge in [-0.25, -0.2) is 0 Å². The van der Waals surface area contributed by atoms with Gasteiger partial charge in [-0.1, -0.05) is 42.5 Å². The van der Waals surface area contributed by atoms with Crippen molar-refractivity contribution in [1.29, 1.82) is 0 Å². The molecular formula is C17H17O3-. The second-order valence-corrected chi connectivity index (χ2v) is 4.57. The maximum Gasteiger partial charge on any atom is 0.128 e. The smallest absolute Gasteiger partial charge is 0.128 e. The Labute approximate surface area is 118 Å². The molecule has 0 saturated heterocycles. The fourth-order valence-corrected chi connectivity index (χ4v) is 2.02. The number of para-hydroxylation sites is 1. The lowest BCUT2D eigenvalue weighted by Crippen LogP contribution is -2.23. The number of aromatic carboxylic acids is 1. The second-order valence-electron chi connectivity index (χ2n) is 4.57. The van der Waals surface area contributed by atoms with Gasteiger partial charge in [0, 0.05) is 5.56 Å². The molecule has 0 heterocycles. The summed E-state index contributed by atoms with van der Waals surface area (Å²) in [5.74, 6) is -0.822. The zero-order chi connectivity index (χ0) is 14.2. The first-order valence-electron chi connectivity index (χ1n) is 6.74. The van der Waals surface area contributed by atoms with Gasteiger partial charge >= 0.3 is 0 Å². The number of carbonyl (C=O) groups excluding carboxylic acids is 1. The fraction of sp³-hybridized carbons (Fsp3) is 0.235. The molecule has 20 heavy (non-hydrogen) atoms. The number of carboxylic acid groups (broad SMARTS) is 1. The molecule has 0 aliphatic rings. The van der Waals surface area contributed by atoms with Crippen LogP contribution in [0.25, 0.3) is 0 Å². The SMILES string of the molecule is O=C([O-])c1ccccc1OCCCCc1ccccc1. The van der Waals surface area contributed by atoms with Gasteiger partial charge < -0.3 is 14.6 Å². The molecule has 0 N–H and O–H groups in total. The predicted molar refractivity (Wildman–Crippen MR) is 75.6 cm³/mol. The van der Waals surface area contributed by atoms with Crippen molar-refractivity contribution in [1.82, 2.24) is 0 Å². The van der Waals surface area contributed by atoms with E-state index >= 15 is 0 Å². The Morgan fingerprint density at radius 1 is 0.950 bits per heavy atom. The standard InChI is InChI=1S/C17H18O3/c18-17(19)15-11-4-5-12-16(15)20-13-7-6-10-14-8-2-1-3-9-14/h1-5,8-9,11-12H,6-7,10,13H2,(H,18,19)/p-1. The van der Waals surface area contributed by atoms with E-state index in [9.17, 15) is 9.90 Å². The van der Waals surface area contributed by atoms with Crippen LogP contribution in [0.2, 0.25) is 0 Å². The third-order valence-electron chi connectivity index (χ3n) is 3.07. The number of carbonyl (C=O) groups is 1. The van der Waals surface area contributed by atoms with E-state index in [-0.39, 0.29) is 5.56 Å². The third-order valence-corrected chi connectivity index (χ3v) is 3.07. The largest absolute Gasteiger partial charge is 0.545 e. The Morgan fingerprint density at radius 3 is 2.40 bits per heavy atom. The Hall–Kier alpha value is -2.29. The van der Waals surface area contributed by atoms with E-state index in [0.717, 1.165) is 19.3 Å². The average Bonchev–Trinajstić information content (AvgIpc) is 2.48. The fourth-order valence-electron chi connectivity index (χ4n) is 2.02. The lowest BCUT2D eigenvalue weighted by molar-refractivity contribution is -0.255. The van der Waals surface area contributed by atoms with Gasteiger partial charge in [-0.2, -0.15) is 0 Å². The predicted octanol–water partition coefficient (Wildman–Crippen LogP) is 2.45. The van der Waals surface area contributed by atoms with Gasteiger partial charge in [0.1, 0.15) is 5.75 Å². The molecule has 0 atom stereocenters. The molecule has 0 bridgehead atoms. The summed E-state index contributed by atoms with van der Waals surface area (Å²) < 4.78 is 5.52. The number of benzene rings is 2. The first-order chi connectivity index (χ1) is 9.77. The highest BCUT2D eigenvalue weighted by atomic mass is 16.5. The summed E-state index contributed by atoms with van der Waals surface area (Å²) in [5, 5.41) is 10.9. The maximum atomic E-state index is 10.9. The van der Waals surface area contributed by atoms with Crippen molar-refractivity contribution in [3.8, 4) is 5.75 Å². The molecule has 0 unspecified atom stereocenters. The van der Waals surface area contributed by atoms with Crippen LogP contribution < -0.4 is 9.84 Å². The molecule has 3 nitrogen and oxygen atoms in total. The summed E-state index contributed by atoms with van der Waals surface area (Å²) in [6, 6.07) is 16.8. The van der Waals surface area contributed by atoms with E-state index in [4.69, 9.17) is 4.74 Å². The van der Waals surface area contributed by atoms with Crippen molar-refractivity contribution < 1.29 is 14.6 Å². The van der Waals surface area contributed by atoms with Crippen LogP contribution >= 0.6 is 0 Å². The Morgan fingerprint density at radius 2 is 1.65 bits per heavy atom. The van der Waals surface area contributed by atoms with E-state index in [1.165, 1.54) is 11.6 Å². The van der Waals surface area contributed by atoms with Crippen molar-refractivity contribution in [3.05, 3.63) is 65.7 Å². The van der Waals surface area contributed by atoms with E-state index in [1.807, 2.05) is 18.2 Å². The molecular weight excluding hydrogens is 252 g/mol. The van der Waals surface area contributed by atoms with Crippen molar-refractivity contribution in [3.63, 3.8) is 0 Å². The first-order valence-corrected chi connectivity index (χ1v) is 6.74. The minimum absolute atomic E-state index is 0.107. The number of unbranched alkanes of at least 4 members (excludes halogenated alkanes) is 1. The van der Waals surface area contributed by atoms with Crippen LogP contribution in [0, 0.1) is 0 Å². The lowest BCUT2D eigenvalue weighted by Gasteiger charge is -2.11. The molecule has 2 aromatic rings. The Bertz CT molecular complexity index is 549. The molecule has 0 aromatic heterocycles. The molecule has 0 amide bonds. The van der Waals surface area contributed by atoms with Crippen LogP contribution in [-0.4, -0.2) is 12.6 Å². The van der Waals surface area contributed by atoms with Crippen LogP contribution in [0.5, 0.6) is 5.75 Å². The normalized spacial score (nSPS) is 10.2. The molecule has 0 aliphatic carbocycles. The highest BCUT2D eigenvalue weighted by molar-refractivity contribution is 5.89. The van der Waals surface area contributed by atoms with E-state index in [0.29, 0.717) is 12.4 Å². The minimum atomic E-state index is -1.20.